The van der Waals surface area contributed by atoms with Crippen molar-refractivity contribution in [3.63, 3.8) is 0 Å². The van der Waals surface area contributed by atoms with Gasteiger partial charge in [-0.3, -0.25) is 14.6 Å². The Morgan fingerprint density at radius 2 is 1.62 bits per heavy atom. The van der Waals surface area contributed by atoms with E-state index in [9.17, 15) is 9.59 Å². The molecule has 0 spiro atoms. The van der Waals surface area contributed by atoms with E-state index < -0.39 is 0 Å². The summed E-state index contributed by atoms with van der Waals surface area (Å²) in [5.41, 5.74) is 2.88. The molecule has 0 aliphatic heterocycles. The first-order valence-electron chi connectivity index (χ1n) is 8.15. The number of anilines is 1. The maximum atomic E-state index is 12.3. The Balaban J connectivity index is 1.66. The summed E-state index contributed by atoms with van der Waals surface area (Å²) in [5.74, 6) is -0.728. The van der Waals surface area contributed by atoms with Crippen molar-refractivity contribution in [2.75, 3.05) is 5.32 Å². The van der Waals surface area contributed by atoms with Crippen LogP contribution in [0, 0.1) is 6.92 Å². The summed E-state index contributed by atoms with van der Waals surface area (Å²) in [6, 6.07) is 17.7. The lowest BCUT2D eigenvalue weighted by Crippen LogP contribution is -2.25. The number of nitrogens with zero attached hydrogens (tertiary/aromatic N) is 2. The van der Waals surface area contributed by atoms with Gasteiger partial charge in [0, 0.05) is 11.9 Å². The monoisotopic (exact) mass is 346 g/mol. The molecule has 130 valence electrons. The largest absolute Gasteiger partial charge is 0.345 e. The third kappa shape index (κ3) is 4.51. The Labute approximate surface area is 151 Å². The van der Waals surface area contributed by atoms with Crippen molar-refractivity contribution in [1.29, 1.82) is 0 Å². The molecule has 26 heavy (non-hydrogen) atoms. The number of rotatable bonds is 5. The predicted molar refractivity (Wildman–Crippen MR) is 98.8 cm³/mol. The Morgan fingerprint density at radius 3 is 2.31 bits per heavy atom. The molecule has 3 rings (SSSR count). The lowest BCUT2D eigenvalue weighted by molar-refractivity contribution is 0.0945. The van der Waals surface area contributed by atoms with Crippen molar-refractivity contribution < 1.29 is 9.59 Å². The molecule has 2 aromatic heterocycles. The van der Waals surface area contributed by atoms with E-state index in [0.29, 0.717) is 12.2 Å². The van der Waals surface area contributed by atoms with Crippen molar-refractivity contribution in [2.24, 2.45) is 0 Å². The fourth-order valence-electron chi connectivity index (χ4n) is 2.28. The molecule has 0 saturated heterocycles. The van der Waals surface area contributed by atoms with Crippen molar-refractivity contribution in [3.8, 4) is 0 Å². The lowest BCUT2D eigenvalue weighted by atomic mass is 10.2. The van der Waals surface area contributed by atoms with Crippen LogP contribution in [0.1, 0.15) is 32.2 Å². The summed E-state index contributed by atoms with van der Waals surface area (Å²) in [7, 11) is 0. The standard InChI is InChI=1S/C20H18N4O2/c1-14-8-10-15(11-9-14)23-20(26)18-7-4-6-17(24-18)19(25)22-13-16-5-2-3-12-21-16/h2-12H,13H2,1H3,(H,22,25)(H,23,26). The van der Waals surface area contributed by atoms with Crippen molar-refractivity contribution >= 4 is 17.5 Å². The zero-order valence-corrected chi connectivity index (χ0v) is 14.3. The predicted octanol–water partition coefficient (Wildman–Crippen LogP) is 2.97. The second kappa shape index (κ2) is 8.02. The maximum Gasteiger partial charge on any atom is 0.274 e. The molecule has 6 nitrogen and oxygen atoms in total. The number of carbonyl (C=O) groups excluding carboxylic acids is 2. The molecule has 1 aromatic carbocycles. The molecule has 0 bridgehead atoms. The quantitative estimate of drug-likeness (QED) is 0.744. The molecule has 2 N–H and O–H groups in total. The van der Waals surface area contributed by atoms with E-state index >= 15 is 0 Å². The van der Waals surface area contributed by atoms with Gasteiger partial charge in [0.05, 0.1) is 12.2 Å². The van der Waals surface area contributed by atoms with Crippen LogP contribution in [0.4, 0.5) is 5.69 Å². The van der Waals surface area contributed by atoms with E-state index in [-0.39, 0.29) is 23.2 Å². The number of carbonyl (C=O) groups is 2. The van der Waals surface area contributed by atoms with E-state index in [1.54, 1.807) is 24.4 Å². The Bertz CT molecular complexity index is 909. The first-order valence-corrected chi connectivity index (χ1v) is 8.15. The molecule has 0 unspecified atom stereocenters. The topological polar surface area (TPSA) is 84.0 Å². The van der Waals surface area contributed by atoms with E-state index in [4.69, 9.17) is 0 Å². The molecule has 0 aliphatic rings. The first kappa shape index (κ1) is 17.3. The van der Waals surface area contributed by atoms with E-state index in [1.165, 1.54) is 0 Å². The van der Waals surface area contributed by atoms with Crippen molar-refractivity contribution in [3.05, 3.63) is 89.5 Å². The summed E-state index contributed by atoms with van der Waals surface area (Å²) < 4.78 is 0. The van der Waals surface area contributed by atoms with Gasteiger partial charge in [-0.1, -0.05) is 29.8 Å². The number of pyridine rings is 2. The van der Waals surface area contributed by atoms with Gasteiger partial charge in [-0.25, -0.2) is 4.98 Å². The Hall–Kier alpha value is -3.54. The van der Waals surface area contributed by atoms with E-state index in [1.807, 2.05) is 49.4 Å². The van der Waals surface area contributed by atoms with Gasteiger partial charge < -0.3 is 10.6 Å². The summed E-state index contributed by atoms with van der Waals surface area (Å²) in [4.78, 5) is 32.9. The average molecular weight is 346 g/mol. The lowest BCUT2D eigenvalue weighted by Gasteiger charge is -2.07. The number of amides is 2. The number of aryl methyl sites for hydroxylation is 1. The summed E-state index contributed by atoms with van der Waals surface area (Å²) in [6.45, 7) is 2.27. The van der Waals surface area contributed by atoms with Crippen LogP contribution in [-0.4, -0.2) is 21.8 Å². The highest BCUT2D eigenvalue weighted by Crippen LogP contribution is 2.10. The van der Waals surface area contributed by atoms with Crippen LogP contribution in [0.15, 0.2) is 66.9 Å². The molecule has 6 heteroatoms. The second-order valence-electron chi connectivity index (χ2n) is 5.73. The van der Waals surface area contributed by atoms with Crippen LogP contribution in [0.3, 0.4) is 0 Å². The molecule has 0 fully saturated rings. The Morgan fingerprint density at radius 1 is 0.885 bits per heavy atom. The summed E-state index contributed by atoms with van der Waals surface area (Å²) >= 11 is 0. The van der Waals surface area contributed by atoms with Gasteiger partial charge >= 0.3 is 0 Å². The van der Waals surface area contributed by atoms with Crippen molar-refractivity contribution in [2.45, 2.75) is 13.5 Å². The highest BCUT2D eigenvalue weighted by molar-refractivity contribution is 6.03. The van der Waals surface area contributed by atoms with Gasteiger partial charge in [0.2, 0.25) is 0 Å². The maximum absolute atomic E-state index is 12.3. The first-order chi connectivity index (χ1) is 12.6. The fraction of sp³-hybridized carbons (Fsp3) is 0.100. The second-order valence-corrected chi connectivity index (χ2v) is 5.73. The fourth-order valence-corrected chi connectivity index (χ4v) is 2.28. The third-order valence-corrected chi connectivity index (χ3v) is 3.68. The van der Waals surface area contributed by atoms with Gasteiger partial charge in [0.1, 0.15) is 11.4 Å². The molecule has 0 atom stereocenters. The highest BCUT2D eigenvalue weighted by atomic mass is 16.2. The number of hydrogen-bond donors (Lipinski definition) is 2. The number of aromatic nitrogens is 2. The molecule has 2 amide bonds. The average Bonchev–Trinajstić information content (AvgIpc) is 2.69. The summed E-state index contributed by atoms with van der Waals surface area (Å²) in [5, 5.41) is 5.51. The van der Waals surface area contributed by atoms with Gasteiger partial charge in [-0.05, 0) is 43.3 Å². The number of nitrogens with one attached hydrogen (secondary N) is 2. The van der Waals surface area contributed by atoms with Crippen LogP contribution in [0.25, 0.3) is 0 Å². The van der Waals surface area contributed by atoms with E-state index in [0.717, 1.165) is 11.3 Å². The van der Waals surface area contributed by atoms with Crippen LogP contribution in [0.2, 0.25) is 0 Å². The van der Waals surface area contributed by atoms with Crippen molar-refractivity contribution in [1.82, 2.24) is 15.3 Å². The third-order valence-electron chi connectivity index (χ3n) is 3.68. The molecule has 2 heterocycles. The van der Waals surface area contributed by atoms with Crippen LogP contribution in [-0.2, 0) is 6.54 Å². The van der Waals surface area contributed by atoms with Crippen LogP contribution in [0.5, 0.6) is 0 Å². The molecular weight excluding hydrogens is 328 g/mol. The number of hydrogen-bond acceptors (Lipinski definition) is 4. The zero-order valence-electron chi connectivity index (χ0n) is 14.3. The Kier molecular flexibility index (Phi) is 5.34. The minimum absolute atomic E-state index is 0.177. The molecule has 0 radical (unpaired) electrons. The zero-order chi connectivity index (χ0) is 18.4. The SMILES string of the molecule is Cc1ccc(NC(=O)c2cccc(C(=O)NCc3ccccn3)n2)cc1. The minimum Gasteiger partial charge on any atom is -0.345 e. The van der Waals surface area contributed by atoms with Gasteiger partial charge in [0.15, 0.2) is 0 Å². The normalized spacial score (nSPS) is 10.2. The van der Waals surface area contributed by atoms with Crippen LogP contribution >= 0.6 is 0 Å². The van der Waals surface area contributed by atoms with E-state index in [2.05, 4.69) is 20.6 Å². The molecule has 0 aliphatic carbocycles. The summed E-state index contributed by atoms with van der Waals surface area (Å²) in [6.07, 6.45) is 1.66. The highest BCUT2D eigenvalue weighted by Gasteiger charge is 2.12. The molecular formula is C20H18N4O2. The molecule has 0 saturated carbocycles. The van der Waals surface area contributed by atoms with Gasteiger partial charge in [-0.15, -0.1) is 0 Å². The van der Waals surface area contributed by atoms with Gasteiger partial charge in [0.25, 0.3) is 11.8 Å². The molecule has 3 aromatic rings. The van der Waals surface area contributed by atoms with Gasteiger partial charge in [-0.2, -0.15) is 0 Å². The van der Waals surface area contributed by atoms with Crippen LogP contribution < -0.4 is 10.6 Å². The smallest absolute Gasteiger partial charge is 0.274 e. The number of benzene rings is 1. The minimum atomic E-state index is -0.367.